The standard InChI is InChI=1S/C28H36O3Si/c1-24(20-29-23-30-22-25-14-8-5-9-15-25)21-31-32(28(2,3)4,26-16-10-6-11-17-26)27-18-12-7-13-19-27/h5-19,24H,20-23H2,1-4H3. The van der Waals surface area contributed by atoms with E-state index in [1.165, 1.54) is 10.4 Å². The summed E-state index contributed by atoms with van der Waals surface area (Å²) in [5.74, 6) is 0.261. The van der Waals surface area contributed by atoms with E-state index in [2.05, 4.69) is 100 Å². The predicted octanol–water partition coefficient (Wildman–Crippen LogP) is 5.39. The lowest BCUT2D eigenvalue weighted by Crippen LogP contribution is -2.66. The Kier molecular flexibility index (Phi) is 8.82. The van der Waals surface area contributed by atoms with Crippen LogP contribution in [0.25, 0.3) is 0 Å². The Morgan fingerprint density at radius 1 is 0.688 bits per heavy atom. The molecular weight excluding hydrogens is 412 g/mol. The molecule has 3 aromatic carbocycles. The zero-order chi connectivity index (χ0) is 22.9. The maximum absolute atomic E-state index is 6.97. The molecule has 0 aliphatic carbocycles. The summed E-state index contributed by atoms with van der Waals surface area (Å²) in [5, 5.41) is 2.59. The van der Waals surface area contributed by atoms with Gasteiger partial charge in [-0.2, -0.15) is 0 Å². The molecule has 0 N–H and O–H groups in total. The van der Waals surface area contributed by atoms with Crippen LogP contribution < -0.4 is 10.4 Å². The van der Waals surface area contributed by atoms with Crippen LogP contribution >= 0.6 is 0 Å². The van der Waals surface area contributed by atoms with Gasteiger partial charge in [-0.1, -0.05) is 119 Å². The van der Waals surface area contributed by atoms with Gasteiger partial charge in [0.05, 0.1) is 13.2 Å². The number of hydrogen-bond acceptors (Lipinski definition) is 3. The third kappa shape index (κ3) is 6.17. The second-order valence-corrected chi connectivity index (χ2v) is 13.7. The van der Waals surface area contributed by atoms with Crippen molar-refractivity contribution in [3.05, 3.63) is 96.6 Å². The van der Waals surface area contributed by atoms with Gasteiger partial charge < -0.3 is 13.9 Å². The molecule has 0 fully saturated rings. The van der Waals surface area contributed by atoms with E-state index < -0.39 is 8.32 Å². The summed E-state index contributed by atoms with van der Waals surface area (Å²) in [6.45, 7) is 11.2. The fourth-order valence-electron chi connectivity index (χ4n) is 4.12. The first-order chi connectivity index (χ1) is 15.4. The first-order valence-corrected chi connectivity index (χ1v) is 13.3. The molecule has 0 heterocycles. The van der Waals surface area contributed by atoms with Crippen molar-refractivity contribution >= 4 is 18.7 Å². The predicted molar refractivity (Wildman–Crippen MR) is 135 cm³/mol. The molecule has 0 aliphatic heterocycles. The van der Waals surface area contributed by atoms with Crippen LogP contribution in [0.5, 0.6) is 0 Å². The summed E-state index contributed by atoms with van der Waals surface area (Å²) in [7, 11) is -2.50. The van der Waals surface area contributed by atoms with Crippen molar-refractivity contribution in [3.63, 3.8) is 0 Å². The Morgan fingerprint density at radius 3 is 1.69 bits per heavy atom. The molecule has 0 aliphatic rings. The van der Waals surface area contributed by atoms with Crippen LogP contribution in [0.2, 0.25) is 5.04 Å². The van der Waals surface area contributed by atoms with Gasteiger partial charge in [0, 0.05) is 12.5 Å². The summed E-state index contributed by atoms with van der Waals surface area (Å²) in [6.07, 6.45) is 0. The van der Waals surface area contributed by atoms with E-state index >= 15 is 0 Å². The van der Waals surface area contributed by atoms with E-state index in [4.69, 9.17) is 13.9 Å². The molecule has 0 radical (unpaired) electrons. The second kappa shape index (κ2) is 11.6. The minimum absolute atomic E-state index is 0.0188. The molecule has 170 valence electrons. The van der Waals surface area contributed by atoms with Gasteiger partial charge >= 0.3 is 0 Å². The Labute approximate surface area is 194 Å². The van der Waals surface area contributed by atoms with Crippen molar-refractivity contribution in [3.8, 4) is 0 Å². The summed E-state index contributed by atoms with van der Waals surface area (Å²) in [5.41, 5.74) is 1.15. The van der Waals surface area contributed by atoms with Gasteiger partial charge in [0.2, 0.25) is 0 Å². The van der Waals surface area contributed by atoms with Crippen LogP contribution in [-0.2, 0) is 20.5 Å². The fraction of sp³-hybridized carbons (Fsp3) is 0.357. The second-order valence-electron chi connectivity index (χ2n) is 9.40. The van der Waals surface area contributed by atoms with E-state index in [9.17, 15) is 0 Å². The molecule has 1 atom stereocenters. The van der Waals surface area contributed by atoms with Crippen molar-refractivity contribution in [1.29, 1.82) is 0 Å². The number of ether oxygens (including phenoxy) is 2. The lowest BCUT2D eigenvalue weighted by atomic mass is 10.2. The largest absolute Gasteiger partial charge is 0.407 e. The number of rotatable bonds is 11. The quantitative estimate of drug-likeness (QED) is 0.224. The lowest BCUT2D eigenvalue weighted by molar-refractivity contribution is -0.0732. The third-order valence-electron chi connectivity index (χ3n) is 5.68. The van der Waals surface area contributed by atoms with Gasteiger partial charge in [0.25, 0.3) is 8.32 Å². The van der Waals surface area contributed by atoms with Crippen molar-refractivity contribution in [2.24, 2.45) is 5.92 Å². The maximum Gasteiger partial charge on any atom is 0.261 e. The Balaban J connectivity index is 1.64. The average Bonchev–Trinajstić information content (AvgIpc) is 2.80. The van der Waals surface area contributed by atoms with Crippen LogP contribution in [0.1, 0.15) is 33.3 Å². The highest BCUT2D eigenvalue weighted by molar-refractivity contribution is 6.99. The molecule has 32 heavy (non-hydrogen) atoms. The molecular formula is C28H36O3Si. The molecule has 1 unspecified atom stereocenters. The summed E-state index contributed by atoms with van der Waals surface area (Å²) >= 11 is 0. The van der Waals surface area contributed by atoms with Crippen LogP contribution in [0.4, 0.5) is 0 Å². The number of benzene rings is 3. The Morgan fingerprint density at radius 2 is 1.19 bits per heavy atom. The highest BCUT2D eigenvalue weighted by Gasteiger charge is 2.50. The SMILES string of the molecule is CC(COCOCc1ccccc1)CO[Si](c1ccccc1)(c1ccccc1)C(C)(C)C. The van der Waals surface area contributed by atoms with Gasteiger partial charge in [-0.15, -0.1) is 0 Å². The molecule has 4 heteroatoms. The molecule has 0 spiro atoms. The molecule has 0 amide bonds. The minimum Gasteiger partial charge on any atom is -0.407 e. The van der Waals surface area contributed by atoms with Crippen molar-refractivity contribution in [1.82, 2.24) is 0 Å². The van der Waals surface area contributed by atoms with Gasteiger partial charge in [-0.05, 0) is 21.0 Å². The summed E-state index contributed by atoms with van der Waals surface area (Å²) in [4.78, 5) is 0. The van der Waals surface area contributed by atoms with Crippen molar-refractivity contribution in [2.45, 2.75) is 39.3 Å². The minimum atomic E-state index is -2.50. The van der Waals surface area contributed by atoms with Crippen molar-refractivity contribution in [2.75, 3.05) is 20.0 Å². The van der Waals surface area contributed by atoms with E-state index in [1.807, 2.05) is 18.2 Å². The Bertz CT molecular complexity index is 868. The molecule has 0 saturated heterocycles. The maximum atomic E-state index is 6.97. The van der Waals surface area contributed by atoms with E-state index in [1.54, 1.807) is 0 Å². The number of hydrogen-bond donors (Lipinski definition) is 0. The van der Waals surface area contributed by atoms with Gasteiger partial charge in [0.1, 0.15) is 6.79 Å². The average molecular weight is 449 g/mol. The highest BCUT2D eigenvalue weighted by atomic mass is 28.4. The van der Waals surface area contributed by atoms with Gasteiger partial charge in [0.15, 0.2) is 0 Å². The van der Waals surface area contributed by atoms with E-state index in [0.29, 0.717) is 26.6 Å². The molecule has 0 saturated carbocycles. The van der Waals surface area contributed by atoms with Gasteiger partial charge in [-0.25, -0.2) is 0 Å². The summed E-state index contributed by atoms with van der Waals surface area (Å²) < 4.78 is 18.4. The molecule has 0 aromatic heterocycles. The lowest BCUT2D eigenvalue weighted by Gasteiger charge is -2.43. The normalized spacial score (nSPS) is 13.1. The first kappa shape index (κ1) is 24.4. The first-order valence-electron chi connectivity index (χ1n) is 11.4. The van der Waals surface area contributed by atoms with Crippen molar-refractivity contribution < 1.29 is 13.9 Å². The monoisotopic (exact) mass is 448 g/mol. The molecule has 3 aromatic rings. The van der Waals surface area contributed by atoms with E-state index in [-0.39, 0.29) is 11.0 Å². The molecule has 0 bridgehead atoms. The fourth-order valence-corrected chi connectivity index (χ4v) is 8.81. The topological polar surface area (TPSA) is 27.7 Å². The molecule has 3 nitrogen and oxygen atoms in total. The van der Waals surface area contributed by atoms with Crippen LogP contribution in [-0.4, -0.2) is 28.3 Å². The summed E-state index contributed by atoms with van der Waals surface area (Å²) in [6, 6.07) is 31.7. The zero-order valence-electron chi connectivity index (χ0n) is 19.8. The van der Waals surface area contributed by atoms with E-state index in [0.717, 1.165) is 5.56 Å². The smallest absolute Gasteiger partial charge is 0.261 e. The van der Waals surface area contributed by atoms with Gasteiger partial charge in [-0.3, -0.25) is 0 Å². The highest BCUT2D eigenvalue weighted by Crippen LogP contribution is 2.37. The third-order valence-corrected chi connectivity index (χ3v) is 10.7. The van der Waals surface area contributed by atoms with Crippen LogP contribution in [0.15, 0.2) is 91.0 Å². The Hall–Kier alpha value is -2.24. The zero-order valence-corrected chi connectivity index (χ0v) is 20.8. The van der Waals surface area contributed by atoms with Crippen LogP contribution in [0, 0.1) is 5.92 Å². The molecule has 3 rings (SSSR count). The van der Waals surface area contributed by atoms with Crippen LogP contribution in [0.3, 0.4) is 0 Å².